The number of rotatable bonds is 2. The van der Waals surface area contributed by atoms with E-state index in [1.165, 1.54) is 0 Å². The Kier molecular flexibility index (Phi) is 2.76. The summed E-state index contributed by atoms with van der Waals surface area (Å²) in [6, 6.07) is 6.23. The Morgan fingerprint density at radius 1 is 1.38 bits per heavy atom. The molecule has 1 heterocycles. The zero-order valence-electron chi connectivity index (χ0n) is 8.82. The Morgan fingerprint density at radius 3 is 2.75 bits per heavy atom. The van der Waals surface area contributed by atoms with Crippen LogP contribution < -0.4 is 10.6 Å². The summed E-state index contributed by atoms with van der Waals surface area (Å²) in [4.78, 5) is 23.1. The largest absolute Gasteiger partial charge is 0.464 e. The zero-order valence-corrected chi connectivity index (χ0v) is 8.82. The summed E-state index contributed by atoms with van der Waals surface area (Å²) in [5.41, 5.74) is 1.40. The lowest BCUT2D eigenvalue weighted by Gasteiger charge is -2.25. The predicted octanol–water partition coefficient (Wildman–Crippen LogP) is 0.982. The van der Waals surface area contributed by atoms with Gasteiger partial charge in [0.05, 0.1) is 18.0 Å². The van der Waals surface area contributed by atoms with Gasteiger partial charge in [0.1, 0.15) is 0 Å². The number of fused-ring (bicyclic) bond motifs is 1. The molecule has 0 radical (unpaired) electrons. The Hall–Kier alpha value is -2.04. The molecule has 2 rings (SSSR count). The van der Waals surface area contributed by atoms with Crippen LogP contribution in [0.2, 0.25) is 0 Å². The van der Waals surface area contributed by atoms with Gasteiger partial charge in [-0.3, -0.25) is 4.79 Å². The Bertz CT molecular complexity index is 431. The zero-order chi connectivity index (χ0) is 11.5. The van der Waals surface area contributed by atoms with E-state index in [9.17, 15) is 9.59 Å². The summed E-state index contributed by atoms with van der Waals surface area (Å²) in [6.45, 7) is 1.96. The van der Waals surface area contributed by atoms with Crippen molar-refractivity contribution in [2.45, 2.75) is 13.0 Å². The number of esters is 1. The van der Waals surface area contributed by atoms with Crippen LogP contribution in [0, 0.1) is 0 Å². The number of hydrogen-bond acceptors (Lipinski definition) is 4. The van der Waals surface area contributed by atoms with Crippen LogP contribution in [-0.4, -0.2) is 24.5 Å². The van der Waals surface area contributed by atoms with Crippen LogP contribution in [0.3, 0.4) is 0 Å². The van der Waals surface area contributed by atoms with E-state index in [1.54, 1.807) is 19.1 Å². The molecule has 1 aromatic rings. The topological polar surface area (TPSA) is 67.4 Å². The normalized spacial score (nSPS) is 18.1. The molecule has 0 spiro atoms. The highest BCUT2D eigenvalue weighted by molar-refractivity contribution is 6.14. The molecule has 5 heteroatoms. The van der Waals surface area contributed by atoms with Crippen LogP contribution in [0.1, 0.15) is 6.92 Å². The lowest BCUT2D eigenvalue weighted by Crippen LogP contribution is -2.45. The van der Waals surface area contributed by atoms with Crippen molar-refractivity contribution in [1.82, 2.24) is 0 Å². The number of hydrogen-bond donors (Lipinski definition) is 2. The molecule has 16 heavy (non-hydrogen) atoms. The average Bonchev–Trinajstić information content (AvgIpc) is 2.28. The highest BCUT2D eigenvalue weighted by Crippen LogP contribution is 2.25. The Balaban J connectivity index is 2.21. The summed E-state index contributed by atoms with van der Waals surface area (Å²) in [5.74, 6) is -0.952. The van der Waals surface area contributed by atoms with Crippen molar-refractivity contribution in [2.24, 2.45) is 0 Å². The van der Waals surface area contributed by atoms with Gasteiger partial charge >= 0.3 is 5.97 Å². The number of nitrogens with one attached hydrogen (secondary N) is 2. The maximum absolute atomic E-state index is 11.6. The third kappa shape index (κ3) is 1.84. The van der Waals surface area contributed by atoms with E-state index in [0.29, 0.717) is 5.69 Å². The fraction of sp³-hybridized carbons (Fsp3) is 0.273. The third-order valence-corrected chi connectivity index (χ3v) is 2.27. The van der Waals surface area contributed by atoms with Crippen LogP contribution in [0.25, 0.3) is 0 Å². The maximum Gasteiger partial charge on any atom is 0.338 e. The molecular formula is C11H12N2O3. The molecule has 5 nitrogen and oxygen atoms in total. The second kappa shape index (κ2) is 4.22. The van der Waals surface area contributed by atoms with Gasteiger partial charge in [0.15, 0.2) is 0 Å². The lowest BCUT2D eigenvalue weighted by molar-refractivity contribution is -0.146. The van der Waals surface area contributed by atoms with E-state index in [4.69, 9.17) is 4.74 Å². The smallest absolute Gasteiger partial charge is 0.338 e. The van der Waals surface area contributed by atoms with E-state index >= 15 is 0 Å². The summed E-state index contributed by atoms with van der Waals surface area (Å²) in [6.07, 6.45) is 0. The van der Waals surface area contributed by atoms with Crippen molar-refractivity contribution < 1.29 is 14.3 Å². The summed E-state index contributed by atoms with van der Waals surface area (Å²) < 4.78 is 4.80. The Labute approximate surface area is 92.8 Å². The lowest BCUT2D eigenvalue weighted by atomic mass is 10.1. The van der Waals surface area contributed by atoms with Gasteiger partial charge in [-0.2, -0.15) is 0 Å². The molecule has 0 aromatic heterocycles. The number of benzene rings is 1. The Morgan fingerprint density at radius 2 is 2.06 bits per heavy atom. The standard InChI is InChI=1S/C11H12N2O3/c1-2-16-11(15)9-10(14)13-8-6-4-3-5-7(8)12-9/h3-6,9,12H,2H2,1H3,(H,13,14). The van der Waals surface area contributed by atoms with Gasteiger partial charge in [0.25, 0.3) is 5.91 Å². The van der Waals surface area contributed by atoms with Gasteiger partial charge in [-0.1, -0.05) is 12.1 Å². The molecule has 1 aromatic carbocycles. The first-order chi connectivity index (χ1) is 7.72. The molecule has 0 fully saturated rings. The van der Waals surface area contributed by atoms with Crippen molar-refractivity contribution in [2.75, 3.05) is 17.2 Å². The van der Waals surface area contributed by atoms with Gasteiger partial charge < -0.3 is 15.4 Å². The molecule has 1 aliphatic heterocycles. The van der Waals surface area contributed by atoms with Crippen LogP contribution >= 0.6 is 0 Å². The minimum absolute atomic E-state index is 0.256. The molecule has 0 saturated carbocycles. The second-order valence-electron chi connectivity index (χ2n) is 3.36. The van der Waals surface area contributed by atoms with Crippen molar-refractivity contribution in [3.8, 4) is 0 Å². The molecule has 0 aliphatic carbocycles. The number of amides is 1. The minimum atomic E-state index is -0.963. The van der Waals surface area contributed by atoms with E-state index in [-0.39, 0.29) is 6.61 Å². The van der Waals surface area contributed by atoms with Gasteiger partial charge in [0.2, 0.25) is 6.04 Å². The first-order valence-electron chi connectivity index (χ1n) is 5.05. The summed E-state index contributed by atoms with van der Waals surface area (Å²) in [5, 5.41) is 5.49. The molecule has 1 atom stereocenters. The van der Waals surface area contributed by atoms with Crippen LogP contribution in [0.15, 0.2) is 24.3 Å². The number of carbonyl (C=O) groups excluding carboxylic acids is 2. The van der Waals surface area contributed by atoms with E-state index in [0.717, 1.165) is 5.69 Å². The van der Waals surface area contributed by atoms with E-state index in [1.807, 2.05) is 12.1 Å². The second-order valence-corrected chi connectivity index (χ2v) is 3.36. The van der Waals surface area contributed by atoms with Crippen molar-refractivity contribution >= 4 is 23.3 Å². The van der Waals surface area contributed by atoms with Crippen LogP contribution in [-0.2, 0) is 14.3 Å². The predicted molar refractivity (Wildman–Crippen MR) is 59.1 cm³/mol. The summed E-state index contributed by atoms with van der Waals surface area (Å²) in [7, 11) is 0. The van der Waals surface area contributed by atoms with Crippen molar-refractivity contribution in [1.29, 1.82) is 0 Å². The van der Waals surface area contributed by atoms with Gasteiger partial charge in [0, 0.05) is 0 Å². The number of para-hydroxylation sites is 2. The number of anilines is 2. The third-order valence-electron chi connectivity index (χ3n) is 2.27. The van der Waals surface area contributed by atoms with E-state index < -0.39 is 17.9 Å². The monoisotopic (exact) mass is 220 g/mol. The molecule has 1 amide bonds. The highest BCUT2D eigenvalue weighted by atomic mass is 16.5. The highest BCUT2D eigenvalue weighted by Gasteiger charge is 2.32. The van der Waals surface area contributed by atoms with Gasteiger partial charge in [-0.05, 0) is 19.1 Å². The molecular weight excluding hydrogens is 208 g/mol. The van der Waals surface area contributed by atoms with Crippen molar-refractivity contribution in [3.05, 3.63) is 24.3 Å². The van der Waals surface area contributed by atoms with Gasteiger partial charge in [-0.25, -0.2) is 4.79 Å². The minimum Gasteiger partial charge on any atom is -0.464 e. The SMILES string of the molecule is CCOC(=O)C1Nc2ccccc2NC1=O. The molecule has 0 bridgehead atoms. The van der Waals surface area contributed by atoms with Crippen molar-refractivity contribution in [3.63, 3.8) is 0 Å². The average molecular weight is 220 g/mol. The molecule has 2 N–H and O–H groups in total. The quantitative estimate of drug-likeness (QED) is 0.576. The molecule has 1 aliphatic rings. The maximum atomic E-state index is 11.6. The number of ether oxygens (including phenoxy) is 1. The van der Waals surface area contributed by atoms with Crippen LogP contribution in [0.5, 0.6) is 0 Å². The van der Waals surface area contributed by atoms with E-state index in [2.05, 4.69) is 10.6 Å². The van der Waals surface area contributed by atoms with Crippen LogP contribution in [0.4, 0.5) is 11.4 Å². The summed E-state index contributed by atoms with van der Waals surface area (Å²) >= 11 is 0. The van der Waals surface area contributed by atoms with Gasteiger partial charge in [-0.15, -0.1) is 0 Å². The number of carbonyl (C=O) groups is 2. The molecule has 84 valence electrons. The first kappa shape index (κ1) is 10.5. The molecule has 1 unspecified atom stereocenters. The fourth-order valence-corrected chi connectivity index (χ4v) is 1.54. The first-order valence-corrected chi connectivity index (χ1v) is 5.05. The molecule has 0 saturated heterocycles. The fourth-order valence-electron chi connectivity index (χ4n) is 1.54.